The van der Waals surface area contributed by atoms with Gasteiger partial charge in [0, 0.05) is 31.5 Å². The lowest BCUT2D eigenvalue weighted by molar-refractivity contribution is -0.00222. The molecule has 3 nitrogen and oxygen atoms in total. The van der Waals surface area contributed by atoms with Gasteiger partial charge in [-0.3, -0.25) is 0 Å². The average Bonchev–Trinajstić information content (AvgIpc) is 2.52. The molecule has 0 bridgehead atoms. The first-order valence-electron chi connectivity index (χ1n) is 8.38. The first kappa shape index (κ1) is 15.0. The number of nitrogens with zero attached hydrogens (tertiary/aromatic N) is 2. The van der Waals surface area contributed by atoms with E-state index in [1.54, 1.807) is 0 Å². The van der Waals surface area contributed by atoms with Crippen LogP contribution >= 0.6 is 0 Å². The van der Waals surface area contributed by atoms with Gasteiger partial charge in [0.15, 0.2) is 0 Å². The monoisotopic (exact) mass is 288 g/mol. The quantitative estimate of drug-likeness (QED) is 0.923. The van der Waals surface area contributed by atoms with Crippen molar-refractivity contribution in [2.24, 2.45) is 5.92 Å². The van der Waals surface area contributed by atoms with Crippen molar-refractivity contribution in [2.75, 3.05) is 39.8 Å². The lowest BCUT2D eigenvalue weighted by Crippen LogP contribution is -2.51. The Bertz CT molecular complexity index is 430. The lowest BCUT2D eigenvalue weighted by Gasteiger charge is -2.42. The van der Waals surface area contributed by atoms with Gasteiger partial charge in [0.1, 0.15) is 0 Å². The highest BCUT2D eigenvalue weighted by atomic mass is 16.3. The molecule has 0 amide bonds. The van der Waals surface area contributed by atoms with Crippen LogP contribution < -0.4 is 0 Å². The number of likely N-dealkylation sites (N-methyl/N-ethyl adjacent to an activating group) is 1. The minimum Gasteiger partial charge on any atom is -0.392 e. The molecule has 1 aromatic rings. The van der Waals surface area contributed by atoms with E-state index < -0.39 is 0 Å². The van der Waals surface area contributed by atoms with Gasteiger partial charge in [-0.05, 0) is 38.5 Å². The third-order valence-electron chi connectivity index (χ3n) is 5.12. The van der Waals surface area contributed by atoms with E-state index in [0.29, 0.717) is 5.92 Å². The van der Waals surface area contributed by atoms with Crippen molar-refractivity contribution in [3.63, 3.8) is 0 Å². The predicted octanol–water partition coefficient (Wildman–Crippen LogP) is 2.18. The number of aliphatic hydroxyl groups is 1. The first-order valence-corrected chi connectivity index (χ1v) is 8.38. The Balaban J connectivity index is 1.69. The molecule has 2 aliphatic rings. The van der Waals surface area contributed by atoms with Crippen LogP contribution in [0.25, 0.3) is 0 Å². The summed E-state index contributed by atoms with van der Waals surface area (Å²) in [6.45, 7) is 5.45. The molecule has 0 aliphatic carbocycles. The number of hydrogen-bond acceptors (Lipinski definition) is 3. The maximum absolute atomic E-state index is 10.9. The molecule has 21 heavy (non-hydrogen) atoms. The molecule has 3 heteroatoms. The van der Waals surface area contributed by atoms with E-state index in [4.69, 9.17) is 0 Å². The van der Waals surface area contributed by atoms with Crippen LogP contribution in [0, 0.1) is 5.92 Å². The minimum absolute atomic E-state index is 0.217. The average molecular weight is 288 g/mol. The summed E-state index contributed by atoms with van der Waals surface area (Å²) in [4.78, 5) is 4.94. The number of aliphatic hydroxyl groups excluding tert-OH is 1. The molecular weight excluding hydrogens is 260 g/mol. The third kappa shape index (κ3) is 3.65. The van der Waals surface area contributed by atoms with E-state index >= 15 is 0 Å². The van der Waals surface area contributed by atoms with Crippen molar-refractivity contribution >= 4 is 0 Å². The van der Waals surface area contributed by atoms with Crippen LogP contribution in [0.1, 0.15) is 30.7 Å². The molecule has 2 heterocycles. The van der Waals surface area contributed by atoms with E-state index in [1.165, 1.54) is 37.9 Å². The third-order valence-corrected chi connectivity index (χ3v) is 5.12. The maximum Gasteiger partial charge on any atom is 0.0673 e. The molecular formula is C18H28N2O. The van der Waals surface area contributed by atoms with Gasteiger partial charge in [0.05, 0.1) is 6.10 Å². The summed E-state index contributed by atoms with van der Waals surface area (Å²) in [5.41, 5.74) is 1.28. The van der Waals surface area contributed by atoms with Gasteiger partial charge in [-0.15, -0.1) is 0 Å². The van der Waals surface area contributed by atoms with Gasteiger partial charge in [0.25, 0.3) is 0 Å². The second-order valence-electron chi connectivity index (χ2n) is 6.85. The molecule has 0 spiro atoms. The number of likely N-dealkylation sites (tertiary alicyclic amines) is 2. The molecule has 0 unspecified atom stereocenters. The van der Waals surface area contributed by atoms with Crippen LogP contribution in [-0.2, 0) is 0 Å². The Morgan fingerprint density at radius 1 is 1.05 bits per heavy atom. The second-order valence-corrected chi connectivity index (χ2v) is 6.85. The van der Waals surface area contributed by atoms with Gasteiger partial charge in [-0.2, -0.15) is 0 Å². The smallest absolute Gasteiger partial charge is 0.0673 e. The SMILES string of the molecule is CN1C[C@H](CN2CCCCC2)[C@H](O)[C@H](c2ccccc2)C1. The molecule has 3 atom stereocenters. The lowest BCUT2D eigenvalue weighted by atomic mass is 9.81. The van der Waals surface area contributed by atoms with E-state index in [1.807, 2.05) is 6.07 Å². The van der Waals surface area contributed by atoms with Crippen LogP contribution in [0.4, 0.5) is 0 Å². The van der Waals surface area contributed by atoms with Crippen LogP contribution in [0.2, 0.25) is 0 Å². The topological polar surface area (TPSA) is 26.7 Å². The first-order chi connectivity index (χ1) is 10.2. The second kappa shape index (κ2) is 6.91. The largest absolute Gasteiger partial charge is 0.392 e. The fourth-order valence-electron chi connectivity index (χ4n) is 4.00. The van der Waals surface area contributed by atoms with E-state index in [2.05, 4.69) is 41.1 Å². The number of rotatable bonds is 3. The van der Waals surface area contributed by atoms with Crippen molar-refractivity contribution in [2.45, 2.75) is 31.3 Å². The molecule has 1 aromatic carbocycles. The van der Waals surface area contributed by atoms with Gasteiger partial charge in [0.2, 0.25) is 0 Å². The van der Waals surface area contributed by atoms with E-state index in [0.717, 1.165) is 19.6 Å². The standard InChI is InChI=1S/C18H28N2O/c1-19-12-16(13-20-10-6-3-7-11-20)18(21)17(14-19)15-8-4-2-5-9-15/h2,4-5,8-9,16-18,21H,3,6-7,10-14H2,1H3/t16-,17+,18+/m1/s1. The minimum atomic E-state index is -0.217. The van der Waals surface area contributed by atoms with Gasteiger partial charge < -0.3 is 14.9 Å². The predicted molar refractivity (Wildman–Crippen MR) is 86.5 cm³/mol. The highest BCUT2D eigenvalue weighted by Gasteiger charge is 2.36. The summed E-state index contributed by atoms with van der Waals surface area (Å²) in [6, 6.07) is 10.5. The summed E-state index contributed by atoms with van der Waals surface area (Å²) >= 11 is 0. The Kier molecular flexibility index (Phi) is 4.94. The fraction of sp³-hybridized carbons (Fsp3) is 0.667. The maximum atomic E-state index is 10.9. The summed E-state index contributed by atoms with van der Waals surface area (Å²) in [5, 5.41) is 10.9. The molecule has 0 radical (unpaired) electrons. The van der Waals surface area contributed by atoms with Crippen LogP contribution in [0.5, 0.6) is 0 Å². The molecule has 3 rings (SSSR count). The zero-order valence-electron chi connectivity index (χ0n) is 13.1. The van der Waals surface area contributed by atoms with Crippen molar-refractivity contribution in [3.8, 4) is 0 Å². The van der Waals surface area contributed by atoms with E-state index in [9.17, 15) is 5.11 Å². The van der Waals surface area contributed by atoms with Gasteiger partial charge in [-0.1, -0.05) is 36.8 Å². The van der Waals surface area contributed by atoms with Crippen LogP contribution in [-0.4, -0.2) is 60.8 Å². The summed E-state index contributed by atoms with van der Waals surface area (Å²) < 4.78 is 0. The summed E-state index contributed by atoms with van der Waals surface area (Å²) in [6.07, 6.45) is 3.79. The molecule has 0 saturated carbocycles. The molecule has 116 valence electrons. The number of piperidine rings is 2. The normalized spacial score (nSPS) is 32.2. The van der Waals surface area contributed by atoms with Crippen molar-refractivity contribution in [3.05, 3.63) is 35.9 Å². The van der Waals surface area contributed by atoms with Gasteiger partial charge >= 0.3 is 0 Å². The Morgan fingerprint density at radius 3 is 2.48 bits per heavy atom. The van der Waals surface area contributed by atoms with Crippen molar-refractivity contribution < 1.29 is 5.11 Å². The summed E-state index contributed by atoms with van der Waals surface area (Å²) in [7, 11) is 2.19. The summed E-state index contributed by atoms with van der Waals surface area (Å²) in [5.74, 6) is 0.617. The highest BCUT2D eigenvalue weighted by Crippen LogP contribution is 2.31. The Morgan fingerprint density at radius 2 is 1.76 bits per heavy atom. The van der Waals surface area contributed by atoms with Crippen molar-refractivity contribution in [1.82, 2.24) is 9.80 Å². The highest BCUT2D eigenvalue weighted by molar-refractivity contribution is 5.22. The molecule has 2 aliphatic heterocycles. The molecule has 0 aromatic heterocycles. The van der Waals surface area contributed by atoms with Gasteiger partial charge in [-0.25, -0.2) is 0 Å². The molecule has 2 fully saturated rings. The number of hydrogen-bond donors (Lipinski definition) is 1. The molecule has 1 N–H and O–H groups in total. The molecule has 2 saturated heterocycles. The Hall–Kier alpha value is -0.900. The number of benzene rings is 1. The van der Waals surface area contributed by atoms with E-state index in [-0.39, 0.29) is 12.0 Å². The fourth-order valence-corrected chi connectivity index (χ4v) is 4.00. The zero-order valence-corrected chi connectivity index (χ0v) is 13.1. The Labute approximate surface area is 128 Å². The van der Waals surface area contributed by atoms with Crippen LogP contribution in [0.15, 0.2) is 30.3 Å². The van der Waals surface area contributed by atoms with Crippen molar-refractivity contribution in [1.29, 1.82) is 0 Å². The zero-order chi connectivity index (χ0) is 14.7. The van der Waals surface area contributed by atoms with Crippen LogP contribution in [0.3, 0.4) is 0 Å².